The molecule has 0 aliphatic carbocycles. The Bertz CT molecular complexity index is 1270. The summed E-state index contributed by atoms with van der Waals surface area (Å²) in [6.07, 6.45) is 1.49. The van der Waals surface area contributed by atoms with E-state index in [9.17, 15) is 14.0 Å². The second kappa shape index (κ2) is 7.58. The molecule has 3 heterocycles. The lowest BCUT2D eigenvalue weighted by Crippen LogP contribution is -2.49. The quantitative estimate of drug-likeness (QED) is 0.523. The molecule has 0 spiro atoms. The number of amides is 2. The largest absolute Gasteiger partial charge is 0.451 e. The number of nitrogens with zero attached hydrogens (tertiary/aromatic N) is 1. The fourth-order valence-electron chi connectivity index (χ4n) is 4.19. The fraction of sp³-hybridized carbons (Fsp3) is 0.250. The zero-order valence-electron chi connectivity index (χ0n) is 17.0. The van der Waals surface area contributed by atoms with Crippen molar-refractivity contribution >= 4 is 33.8 Å². The molecule has 1 aliphatic heterocycles. The minimum Gasteiger partial charge on any atom is -0.451 e. The summed E-state index contributed by atoms with van der Waals surface area (Å²) in [6, 6.07) is 13.6. The van der Waals surface area contributed by atoms with Gasteiger partial charge in [-0.25, -0.2) is 4.39 Å². The van der Waals surface area contributed by atoms with Gasteiger partial charge in [0.05, 0.1) is 0 Å². The molecule has 4 aromatic rings. The van der Waals surface area contributed by atoms with Crippen molar-refractivity contribution in [3.8, 4) is 0 Å². The number of carbonyl (C=O) groups excluding carboxylic acids is 2. The first-order valence-electron chi connectivity index (χ1n) is 10.3. The van der Waals surface area contributed by atoms with Crippen molar-refractivity contribution in [2.45, 2.75) is 25.8 Å². The lowest BCUT2D eigenvalue weighted by atomic mass is 10.0. The van der Waals surface area contributed by atoms with E-state index in [4.69, 9.17) is 8.83 Å². The smallest absolute Gasteiger partial charge is 0.289 e. The molecule has 1 aliphatic rings. The van der Waals surface area contributed by atoms with Crippen molar-refractivity contribution in [2.75, 3.05) is 13.1 Å². The molecule has 6 nitrogen and oxygen atoms in total. The highest BCUT2D eigenvalue weighted by molar-refractivity contribution is 5.99. The predicted molar refractivity (Wildman–Crippen MR) is 114 cm³/mol. The molecule has 1 N–H and O–H groups in total. The number of rotatable bonds is 3. The van der Waals surface area contributed by atoms with Gasteiger partial charge in [0, 0.05) is 35.5 Å². The molecule has 0 saturated carbocycles. The summed E-state index contributed by atoms with van der Waals surface area (Å²) in [5, 5.41) is 4.42. The Kier molecular flexibility index (Phi) is 4.73. The first kappa shape index (κ1) is 19.4. The third-order valence-corrected chi connectivity index (χ3v) is 5.80. The number of benzene rings is 2. The van der Waals surface area contributed by atoms with Gasteiger partial charge in [-0.05, 0) is 38.0 Å². The van der Waals surface area contributed by atoms with Crippen LogP contribution in [-0.2, 0) is 0 Å². The van der Waals surface area contributed by atoms with Crippen LogP contribution in [-0.4, -0.2) is 35.8 Å². The Morgan fingerprint density at radius 1 is 1.13 bits per heavy atom. The molecule has 1 unspecified atom stereocenters. The number of likely N-dealkylation sites (tertiary alicyclic amines) is 1. The lowest BCUT2D eigenvalue weighted by Gasteiger charge is -2.32. The number of nitrogens with one attached hydrogen (secondary N) is 1. The van der Waals surface area contributed by atoms with Gasteiger partial charge in [-0.2, -0.15) is 0 Å². The Balaban J connectivity index is 1.32. The standard InChI is InChI=1S/C24H21FN2O4/c1-14-17-8-4-9-18(25)22(17)31-21(14)24(29)27-11-5-7-16(13-27)26-23(28)20-12-15-6-2-3-10-19(15)30-20/h2-4,6,8-10,12,16H,5,7,11,13H2,1H3,(H,26,28). The Morgan fingerprint density at radius 3 is 2.77 bits per heavy atom. The molecule has 2 aromatic heterocycles. The summed E-state index contributed by atoms with van der Waals surface area (Å²) in [5.41, 5.74) is 1.36. The van der Waals surface area contributed by atoms with Crippen molar-refractivity contribution in [3.63, 3.8) is 0 Å². The Morgan fingerprint density at radius 2 is 1.97 bits per heavy atom. The molecule has 31 heavy (non-hydrogen) atoms. The van der Waals surface area contributed by atoms with Crippen LogP contribution in [0.5, 0.6) is 0 Å². The number of hydrogen-bond donors (Lipinski definition) is 1. The SMILES string of the molecule is Cc1c(C(=O)N2CCCC(NC(=O)c3cc4ccccc4o3)C2)oc2c(F)cccc12. The summed E-state index contributed by atoms with van der Waals surface area (Å²) in [7, 11) is 0. The maximum atomic E-state index is 14.1. The summed E-state index contributed by atoms with van der Waals surface area (Å²) in [6.45, 7) is 2.65. The van der Waals surface area contributed by atoms with E-state index in [1.54, 1.807) is 30.0 Å². The summed E-state index contributed by atoms with van der Waals surface area (Å²) < 4.78 is 25.3. The van der Waals surface area contributed by atoms with Gasteiger partial charge in [-0.15, -0.1) is 0 Å². The predicted octanol–water partition coefficient (Wildman–Crippen LogP) is 4.66. The monoisotopic (exact) mass is 420 g/mol. The van der Waals surface area contributed by atoms with Gasteiger partial charge in [-0.3, -0.25) is 9.59 Å². The molecule has 5 rings (SSSR count). The van der Waals surface area contributed by atoms with Crippen LogP contribution in [0.3, 0.4) is 0 Å². The number of furan rings is 2. The van der Waals surface area contributed by atoms with Gasteiger partial charge in [0.25, 0.3) is 11.8 Å². The number of fused-ring (bicyclic) bond motifs is 2. The molecule has 158 valence electrons. The highest BCUT2D eigenvalue weighted by Crippen LogP contribution is 2.29. The van der Waals surface area contributed by atoms with Crippen LogP contribution in [0, 0.1) is 12.7 Å². The molecule has 1 atom stereocenters. The van der Waals surface area contributed by atoms with Gasteiger partial charge in [0.2, 0.25) is 0 Å². The number of aryl methyl sites for hydroxylation is 1. The van der Waals surface area contributed by atoms with E-state index < -0.39 is 5.82 Å². The van der Waals surface area contributed by atoms with Crippen molar-refractivity contribution < 1.29 is 22.8 Å². The first-order chi connectivity index (χ1) is 15.0. The summed E-state index contributed by atoms with van der Waals surface area (Å²) in [5.74, 6) is -0.708. The fourth-order valence-corrected chi connectivity index (χ4v) is 4.19. The van der Waals surface area contributed by atoms with Gasteiger partial charge >= 0.3 is 0 Å². The van der Waals surface area contributed by atoms with Crippen molar-refractivity contribution in [3.05, 3.63) is 71.4 Å². The number of piperidine rings is 1. The lowest BCUT2D eigenvalue weighted by molar-refractivity contribution is 0.0645. The van der Waals surface area contributed by atoms with Crippen LogP contribution >= 0.6 is 0 Å². The van der Waals surface area contributed by atoms with E-state index in [1.807, 2.05) is 24.3 Å². The second-order valence-corrected chi connectivity index (χ2v) is 7.88. The van der Waals surface area contributed by atoms with Crippen LogP contribution in [0.25, 0.3) is 21.9 Å². The summed E-state index contributed by atoms with van der Waals surface area (Å²) in [4.78, 5) is 27.4. The maximum Gasteiger partial charge on any atom is 0.289 e. The molecule has 7 heteroatoms. The molecular formula is C24H21FN2O4. The van der Waals surface area contributed by atoms with Crippen LogP contribution in [0.2, 0.25) is 0 Å². The van der Waals surface area contributed by atoms with Crippen molar-refractivity contribution in [2.24, 2.45) is 0 Å². The molecule has 2 aromatic carbocycles. The highest BCUT2D eigenvalue weighted by atomic mass is 19.1. The molecule has 1 fully saturated rings. The number of halogens is 1. The van der Waals surface area contributed by atoms with Gasteiger partial charge in [0.1, 0.15) is 5.58 Å². The van der Waals surface area contributed by atoms with Crippen molar-refractivity contribution in [1.82, 2.24) is 10.2 Å². The summed E-state index contributed by atoms with van der Waals surface area (Å²) >= 11 is 0. The minimum atomic E-state index is -0.491. The topological polar surface area (TPSA) is 75.7 Å². The third-order valence-electron chi connectivity index (χ3n) is 5.80. The van der Waals surface area contributed by atoms with Crippen LogP contribution in [0.4, 0.5) is 4.39 Å². The Hall–Kier alpha value is -3.61. The van der Waals surface area contributed by atoms with Crippen LogP contribution < -0.4 is 5.32 Å². The van der Waals surface area contributed by atoms with Crippen LogP contribution in [0.1, 0.15) is 39.5 Å². The molecule has 0 bridgehead atoms. The average molecular weight is 420 g/mol. The van der Waals surface area contributed by atoms with E-state index in [2.05, 4.69) is 5.32 Å². The van der Waals surface area contributed by atoms with E-state index in [0.29, 0.717) is 29.6 Å². The van der Waals surface area contributed by atoms with Gasteiger partial charge in [-0.1, -0.05) is 30.3 Å². The zero-order valence-corrected chi connectivity index (χ0v) is 17.0. The maximum absolute atomic E-state index is 14.1. The van der Waals surface area contributed by atoms with E-state index in [1.165, 1.54) is 6.07 Å². The van der Waals surface area contributed by atoms with Crippen LogP contribution in [0.15, 0.2) is 57.4 Å². The number of carbonyl (C=O) groups is 2. The molecule has 0 radical (unpaired) electrons. The average Bonchev–Trinajstić information content (AvgIpc) is 3.36. The first-order valence-corrected chi connectivity index (χ1v) is 10.3. The van der Waals surface area contributed by atoms with E-state index in [-0.39, 0.29) is 35.0 Å². The normalized spacial score (nSPS) is 16.7. The minimum absolute atomic E-state index is 0.0927. The highest BCUT2D eigenvalue weighted by Gasteiger charge is 2.30. The Labute approximate surface area is 177 Å². The van der Waals surface area contributed by atoms with Gasteiger partial charge in [0.15, 0.2) is 22.9 Å². The van der Waals surface area contributed by atoms with E-state index in [0.717, 1.165) is 18.2 Å². The van der Waals surface area contributed by atoms with E-state index >= 15 is 0 Å². The molecule has 2 amide bonds. The van der Waals surface area contributed by atoms with Crippen molar-refractivity contribution in [1.29, 1.82) is 0 Å². The molecular weight excluding hydrogens is 399 g/mol. The third kappa shape index (κ3) is 3.46. The number of para-hydroxylation sites is 2. The number of hydrogen-bond acceptors (Lipinski definition) is 4. The zero-order chi connectivity index (χ0) is 21.5. The molecule has 1 saturated heterocycles. The second-order valence-electron chi connectivity index (χ2n) is 7.88. The van der Waals surface area contributed by atoms with Gasteiger partial charge < -0.3 is 19.1 Å².